The third kappa shape index (κ3) is 6.73. The highest BCUT2D eigenvalue weighted by Crippen LogP contribution is 2.18. The molecule has 37 heavy (non-hydrogen) atoms. The number of carbonyl (C=O) groups excluding carboxylic acids is 2. The summed E-state index contributed by atoms with van der Waals surface area (Å²) >= 11 is 0. The fourth-order valence-electron chi connectivity index (χ4n) is 3.59. The number of hydrogen-bond acceptors (Lipinski definition) is 8. The first-order chi connectivity index (χ1) is 17.5. The molecule has 0 unspecified atom stereocenters. The Hall–Kier alpha value is -4.19. The van der Waals surface area contributed by atoms with Gasteiger partial charge in [0.05, 0.1) is 23.6 Å². The van der Waals surface area contributed by atoms with Crippen LogP contribution in [0, 0.1) is 6.92 Å². The summed E-state index contributed by atoms with van der Waals surface area (Å²) in [5, 5.41) is 0. The van der Waals surface area contributed by atoms with Crippen molar-refractivity contribution in [2.24, 2.45) is 0 Å². The van der Waals surface area contributed by atoms with Crippen LogP contribution in [-0.2, 0) is 30.7 Å². The van der Waals surface area contributed by atoms with Gasteiger partial charge in [-0.25, -0.2) is 13.2 Å². The van der Waals surface area contributed by atoms with E-state index in [0.29, 0.717) is 0 Å². The Morgan fingerprint density at radius 2 is 1.70 bits per heavy atom. The predicted octanol–water partition coefficient (Wildman–Crippen LogP) is 1.24. The predicted molar refractivity (Wildman–Crippen MR) is 138 cm³/mol. The number of aromatic amines is 1. The molecule has 0 aliphatic carbocycles. The molecule has 11 nitrogen and oxygen atoms in total. The number of rotatable bonds is 10. The Balaban J connectivity index is 1.69. The van der Waals surface area contributed by atoms with Crippen LogP contribution in [0.5, 0.6) is 0 Å². The molecule has 1 amide bonds. The smallest absolute Gasteiger partial charge is 0.330 e. The number of nitrogens with one attached hydrogen (secondary N) is 1. The first-order valence-electron chi connectivity index (χ1n) is 11.5. The molecule has 0 radical (unpaired) electrons. The standard InChI is InChI=1S/C25H28N4O7S/c1-3-28(22-23(26)29(25(33)27-24(22)32)15-18-7-5-4-6-8-18)20(30)16-36-21(31)13-14-37(34,35)19-11-9-17(2)10-12-19/h4-12H,3,13-16,26H2,1-2H3,(H,27,32,33). The number of esters is 1. The van der Waals surface area contributed by atoms with E-state index < -0.39 is 51.7 Å². The lowest BCUT2D eigenvalue weighted by Crippen LogP contribution is -2.42. The minimum Gasteiger partial charge on any atom is -0.456 e. The zero-order valence-corrected chi connectivity index (χ0v) is 21.3. The summed E-state index contributed by atoms with van der Waals surface area (Å²) in [4.78, 5) is 53.2. The van der Waals surface area contributed by atoms with Crippen molar-refractivity contribution in [3.05, 3.63) is 86.6 Å². The van der Waals surface area contributed by atoms with Gasteiger partial charge >= 0.3 is 11.7 Å². The Bertz CT molecular complexity index is 1490. The van der Waals surface area contributed by atoms with Gasteiger partial charge in [-0.05, 0) is 31.5 Å². The second kappa shape index (κ2) is 11.7. The van der Waals surface area contributed by atoms with Crippen LogP contribution in [0.3, 0.4) is 0 Å². The van der Waals surface area contributed by atoms with Crippen LogP contribution in [0.4, 0.5) is 11.5 Å². The number of anilines is 2. The number of aryl methyl sites for hydroxylation is 1. The van der Waals surface area contributed by atoms with Crippen molar-refractivity contribution in [1.82, 2.24) is 9.55 Å². The molecule has 0 saturated heterocycles. The molecule has 0 aliphatic rings. The number of sulfone groups is 1. The first-order valence-corrected chi connectivity index (χ1v) is 13.1. The summed E-state index contributed by atoms with van der Waals surface area (Å²) < 4.78 is 31.0. The van der Waals surface area contributed by atoms with Crippen LogP contribution in [0.2, 0.25) is 0 Å². The van der Waals surface area contributed by atoms with E-state index in [1.54, 1.807) is 43.3 Å². The second-order valence-electron chi connectivity index (χ2n) is 8.25. The molecule has 1 aromatic heterocycles. The first kappa shape index (κ1) is 27.4. The van der Waals surface area contributed by atoms with Crippen molar-refractivity contribution in [2.75, 3.05) is 29.5 Å². The Morgan fingerprint density at radius 3 is 2.32 bits per heavy atom. The molecule has 3 aromatic rings. The molecular formula is C25H28N4O7S. The number of hydrogen-bond donors (Lipinski definition) is 2. The zero-order valence-electron chi connectivity index (χ0n) is 20.5. The van der Waals surface area contributed by atoms with Gasteiger partial charge in [-0.1, -0.05) is 48.0 Å². The highest BCUT2D eigenvalue weighted by Gasteiger charge is 2.24. The summed E-state index contributed by atoms with van der Waals surface area (Å²) in [5.41, 5.74) is 5.93. The van der Waals surface area contributed by atoms with E-state index in [1.807, 2.05) is 13.0 Å². The van der Waals surface area contributed by atoms with Crippen molar-refractivity contribution in [3.63, 3.8) is 0 Å². The summed E-state index contributed by atoms with van der Waals surface area (Å²) in [5.74, 6) is -2.36. The molecule has 0 aliphatic heterocycles. The molecular weight excluding hydrogens is 500 g/mol. The van der Waals surface area contributed by atoms with E-state index in [1.165, 1.54) is 12.1 Å². The third-order valence-corrected chi connectivity index (χ3v) is 7.33. The second-order valence-corrected chi connectivity index (χ2v) is 10.4. The number of carbonyl (C=O) groups is 2. The van der Waals surface area contributed by atoms with Gasteiger partial charge in [0.1, 0.15) is 5.82 Å². The molecule has 0 atom stereocenters. The van der Waals surface area contributed by atoms with Crippen LogP contribution < -0.4 is 21.9 Å². The quantitative estimate of drug-likeness (QED) is 0.371. The lowest BCUT2D eigenvalue weighted by molar-refractivity contribution is -0.147. The normalized spacial score (nSPS) is 11.2. The summed E-state index contributed by atoms with van der Waals surface area (Å²) in [7, 11) is -3.71. The van der Waals surface area contributed by atoms with Gasteiger partial charge < -0.3 is 15.4 Å². The number of amides is 1. The molecule has 3 rings (SSSR count). The van der Waals surface area contributed by atoms with E-state index >= 15 is 0 Å². The van der Waals surface area contributed by atoms with Gasteiger partial charge in [0.25, 0.3) is 11.5 Å². The number of nitrogens with two attached hydrogens (primary N) is 1. The van der Waals surface area contributed by atoms with E-state index in [-0.39, 0.29) is 29.5 Å². The number of H-pyrrole nitrogens is 1. The molecule has 196 valence electrons. The number of nitrogen functional groups attached to an aromatic ring is 1. The molecule has 12 heteroatoms. The summed E-state index contributed by atoms with van der Waals surface area (Å²) in [6.45, 7) is 2.72. The number of aromatic nitrogens is 2. The van der Waals surface area contributed by atoms with E-state index in [0.717, 1.165) is 20.6 Å². The van der Waals surface area contributed by atoms with Crippen LogP contribution >= 0.6 is 0 Å². The monoisotopic (exact) mass is 528 g/mol. The molecule has 3 N–H and O–H groups in total. The maximum absolute atomic E-state index is 12.8. The average molecular weight is 529 g/mol. The highest BCUT2D eigenvalue weighted by atomic mass is 32.2. The maximum Gasteiger partial charge on any atom is 0.330 e. The third-order valence-electron chi connectivity index (χ3n) is 5.60. The minimum absolute atomic E-state index is 0.00495. The fourth-order valence-corrected chi connectivity index (χ4v) is 4.82. The SMILES string of the molecule is CCN(C(=O)COC(=O)CCS(=O)(=O)c1ccc(C)cc1)c1c(N)n(Cc2ccccc2)c(=O)[nH]c1=O. The molecule has 0 bridgehead atoms. The van der Waals surface area contributed by atoms with Gasteiger partial charge in [-0.3, -0.25) is 23.9 Å². The Labute approximate surface area is 213 Å². The van der Waals surface area contributed by atoms with Crippen LogP contribution in [-0.4, -0.2) is 48.7 Å². The largest absolute Gasteiger partial charge is 0.456 e. The lowest BCUT2D eigenvalue weighted by atomic mass is 10.2. The highest BCUT2D eigenvalue weighted by molar-refractivity contribution is 7.91. The van der Waals surface area contributed by atoms with Gasteiger partial charge in [-0.2, -0.15) is 0 Å². The van der Waals surface area contributed by atoms with Gasteiger partial charge in [0.15, 0.2) is 22.1 Å². The van der Waals surface area contributed by atoms with Crippen LogP contribution in [0.25, 0.3) is 0 Å². The van der Waals surface area contributed by atoms with Crippen LogP contribution in [0.15, 0.2) is 69.1 Å². The topological polar surface area (TPSA) is 162 Å². The maximum atomic E-state index is 12.8. The lowest BCUT2D eigenvalue weighted by Gasteiger charge is -2.23. The van der Waals surface area contributed by atoms with E-state index in [2.05, 4.69) is 4.98 Å². The van der Waals surface area contributed by atoms with E-state index in [9.17, 15) is 27.6 Å². The molecule has 0 saturated carbocycles. The molecule has 1 heterocycles. The van der Waals surface area contributed by atoms with Crippen molar-refractivity contribution in [2.45, 2.75) is 31.7 Å². The van der Waals surface area contributed by atoms with E-state index in [4.69, 9.17) is 10.5 Å². The van der Waals surface area contributed by atoms with Crippen LogP contribution in [0.1, 0.15) is 24.5 Å². The number of likely N-dealkylation sites (N-methyl/N-ethyl adjacent to an activating group) is 1. The molecule has 2 aromatic carbocycles. The number of ether oxygens (including phenoxy) is 1. The number of nitrogens with zero attached hydrogens (tertiary/aromatic N) is 2. The molecule has 0 spiro atoms. The van der Waals surface area contributed by atoms with Crippen molar-refractivity contribution in [3.8, 4) is 0 Å². The Kier molecular flexibility index (Phi) is 8.66. The summed E-state index contributed by atoms with van der Waals surface area (Å²) in [6.07, 6.45) is -0.458. The minimum atomic E-state index is -3.71. The van der Waals surface area contributed by atoms with Gasteiger partial charge in [-0.15, -0.1) is 0 Å². The zero-order chi connectivity index (χ0) is 27.2. The Morgan fingerprint density at radius 1 is 1.05 bits per heavy atom. The molecule has 0 fully saturated rings. The average Bonchev–Trinajstić information content (AvgIpc) is 2.87. The van der Waals surface area contributed by atoms with Crippen molar-refractivity contribution >= 4 is 33.2 Å². The van der Waals surface area contributed by atoms with Crippen molar-refractivity contribution < 1.29 is 22.7 Å². The van der Waals surface area contributed by atoms with Gasteiger partial charge in [0.2, 0.25) is 0 Å². The summed E-state index contributed by atoms with van der Waals surface area (Å²) in [6, 6.07) is 15.1. The number of benzene rings is 2. The van der Waals surface area contributed by atoms with Crippen molar-refractivity contribution in [1.29, 1.82) is 0 Å². The fraction of sp³-hybridized carbons (Fsp3) is 0.280. The van der Waals surface area contributed by atoms with Gasteiger partial charge in [0, 0.05) is 6.54 Å².